The van der Waals surface area contributed by atoms with E-state index in [9.17, 15) is 0 Å². The van der Waals surface area contributed by atoms with Crippen LogP contribution in [0.4, 0.5) is 0 Å². The van der Waals surface area contributed by atoms with Crippen molar-refractivity contribution >= 4 is 0 Å². The number of hydrogen-bond donors (Lipinski definition) is 2. The predicted molar refractivity (Wildman–Crippen MR) is 59.6 cm³/mol. The van der Waals surface area contributed by atoms with Gasteiger partial charge in [-0.3, -0.25) is 0 Å². The Morgan fingerprint density at radius 3 is 2.15 bits per heavy atom. The zero-order valence-electron chi connectivity index (χ0n) is 9.10. The summed E-state index contributed by atoms with van der Waals surface area (Å²) in [6.07, 6.45) is 9.06. The van der Waals surface area contributed by atoms with E-state index in [-0.39, 0.29) is 0 Å². The molecule has 1 unspecified atom stereocenters. The molecule has 0 aliphatic rings. The highest BCUT2D eigenvalue weighted by atomic mass is 14.6. The van der Waals surface area contributed by atoms with Crippen molar-refractivity contribution in [3.05, 3.63) is 0 Å². The van der Waals surface area contributed by atoms with E-state index in [0.717, 1.165) is 25.4 Å². The number of nitrogens with two attached hydrogens (primary N) is 2. The fourth-order valence-electron chi connectivity index (χ4n) is 1.65. The monoisotopic (exact) mass is 186 g/mol. The molecule has 0 bridgehead atoms. The maximum atomic E-state index is 5.69. The van der Waals surface area contributed by atoms with Gasteiger partial charge < -0.3 is 11.5 Å². The molecule has 0 aliphatic heterocycles. The third-order valence-corrected chi connectivity index (χ3v) is 2.62. The molecule has 0 radical (unpaired) electrons. The van der Waals surface area contributed by atoms with Crippen LogP contribution in [-0.4, -0.2) is 13.1 Å². The second kappa shape index (κ2) is 10.0. The molecule has 0 aromatic heterocycles. The van der Waals surface area contributed by atoms with E-state index >= 15 is 0 Å². The molecule has 1 atom stereocenters. The van der Waals surface area contributed by atoms with Gasteiger partial charge in [-0.15, -0.1) is 0 Å². The molecular formula is C11H26N2. The van der Waals surface area contributed by atoms with Crippen LogP contribution >= 0.6 is 0 Å². The Kier molecular flexibility index (Phi) is 9.94. The highest BCUT2D eigenvalue weighted by molar-refractivity contribution is 4.60. The largest absolute Gasteiger partial charge is 0.330 e. The van der Waals surface area contributed by atoms with Crippen LogP contribution < -0.4 is 11.5 Å². The zero-order valence-corrected chi connectivity index (χ0v) is 9.10. The minimum atomic E-state index is 0.723. The van der Waals surface area contributed by atoms with Gasteiger partial charge in [0.1, 0.15) is 0 Å². The van der Waals surface area contributed by atoms with Crippen LogP contribution in [0, 0.1) is 5.92 Å². The molecule has 13 heavy (non-hydrogen) atoms. The normalized spacial score (nSPS) is 13.2. The first-order valence-electron chi connectivity index (χ1n) is 5.75. The van der Waals surface area contributed by atoms with E-state index in [1.165, 1.54) is 38.5 Å². The van der Waals surface area contributed by atoms with Gasteiger partial charge >= 0.3 is 0 Å². The first-order valence-corrected chi connectivity index (χ1v) is 5.75. The number of rotatable bonds is 9. The molecule has 2 nitrogen and oxygen atoms in total. The molecular weight excluding hydrogens is 160 g/mol. The van der Waals surface area contributed by atoms with Crippen molar-refractivity contribution in [2.24, 2.45) is 17.4 Å². The van der Waals surface area contributed by atoms with Crippen LogP contribution in [0.25, 0.3) is 0 Å². The van der Waals surface area contributed by atoms with Gasteiger partial charge in [0.25, 0.3) is 0 Å². The van der Waals surface area contributed by atoms with Gasteiger partial charge in [0, 0.05) is 0 Å². The van der Waals surface area contributed by atoms with E-state index in [1.807, 2.05) is 0 Å². The molecule has 0 aromatic carbocycles. The Balaban J connectivity index is 3.25. The quantitative estimate of drug-likeness (QED) is 0.543. The predicted octanol–water partition coefficient (Wildman–Crippen LogP) is 2.27. The Morgan fingerprint density at radius 2 is 1.62 bits per heavy atom. The fraction of sp³-hybridized carbons (Fsp3) is 1.00. The van der Waals surface area contributed by atoms with Crippen LogP contribution in [0.1, 0.15) is 51.9 Å². The van der Waals surface area contributed by atoms with E-state index in [2.05, 4.69) is 6.92 Å². The van der Waals surface area contributed by atoms with Gasteiger partial charge in [-0.05, 0) is 38.3 Å². The van der Waals surface area contributed by atoms with Crippen molar-refractivity contribution in [3.8, 4) is 0 Å². The van der Waals surface area contributed by atoms with Crippen LogP contribution in [0.5, 0.6) is 0 Å². The molecule has 2 heteroatoms. The second-order valence-electron chi connectivity index (χ2n) is 3.88. The fourth-order valence-corrected chi connectivity index (χ4v) is 1.65. The van der Waals surface area contributed by atoms with E-state index in [4.69, 9.17) is 11.5 Å². The molecule has 0 saturated heterocycles. The third kappa shape index (κ3) is 8.26. The summed E-state index contributed by atoms with van der Waals surface area (Å²) in [4.78, 5) is 0. The van der Waals surface area contributed by atoms with Gasteiger partial charge in [0.2, 0.25) is 0 Å². The van der Waals surface area contributed by atoms with Gasteiger partial charge in [-0.25, -0.2) is 0 Å². The van der Waals surface area contributed by atoms with Gasteiger partial charge in [-0.2, -0.15) is 0 Å². The average molecular weight is 186 g/mol. The zero-order chi connectivity index (χ0) is 9.94. The average Bonchev–Trinajstić information content (AvgIpc) is 2.17. The van der Waals surface area contributed by atoms with Gasteiger partial charge in [0.05, 0.1) is 0 Å². The van der Waals surface area contributed by atoms with Gasteiger partial charge in [-0.1, -0.05) is 32.6 Å². The van der Waals surface area contributed by atoms with Crippen molar-refractivity contribution in [1.82, 2.24) is 0 Å². The molecule has 0 aromatic rings. The van der Waals surface area contributed by atoms with Crippen LogP contribution in [-0.2, 0) is 0 Å². The minimum Gasteiger partial charge on any atom is -0.330 e. The molecule has 4 N–H and O–H groups in total. The maximum Gasteiger partial charge on any atom is -0.00489 e. The topological polar surface area (TPSA) is 52.0 Å². The lowest BCUT2D eigenvalue weighted by Gasteiger charge is -2.13. The molecule has 0 spiro atoms. The standard InChI is InChI=1S/C11H26N2/c1-2-3-4-5-7-11(10-13)8-6-9-12/h11H,2-10,12-13H2,1H3. The summed E-state index contributed by atoms with van der Waals surface area (Å²) in [5.74, 6) is 0.723. The summed E-state index contributed by atoms with van der Waals surface area (Å²) in [6.45, 7) is 3.90. The van der Waals surface area contributed by atoms with E-state index < -0.39 is 0 Å². The lowest BCUT2D eigenvalue weighted by Crippen LogP contribution is -2.15. The highest BCUT2D eigenvalue weighted by Crippen LogP contribution is 2.14. The second-order valence-corrected chi connectivity index (χ2v) is 3.88. The van der Waals surface area contributed by atoms with Crippen LogP contribution in [0.15, 0.2) is 0 Å². The van der Waals surface area contributed by atoms with Crippen LogP contribution in [0.3, 0.4) is 0 Å². The summed E-state index contributed by atoms with van der Waals surface area (Å²) >= 11 is 0. The molecule has 0 aliphatic carbocycles. The molecule has 80 valence electrons. The molecule has 0 rings (SSSR count). The SMILES string of the molecule is CCCCCCC(CN)CCCN. The first kappa shape index (κ1) is 12.9. The minimum absolute atomic E-state index is 0.723. The van der Waals surface area contributed by atoms with E-state index in [1.54, 1.807) is 0 Å². The smallest absolute Gasteiger partial charge is 0.00489 e. The molecule has 0 saturated carbocycles. The summed E-state index contributed by atoms with van der Waals surface area (Å²) in [7, 11) is 0. The molecule has 0 fully saturated rings. The lowest BCUT2D eigenvalue weighted by atomic mass is 9.96. The Morgan fingerprint density at radius 1 is 0.923 bits per heavy atom. The third-order valence-electron chi connectivity index (χ3n) is 2.62. The lowest BCUT2D eigenvalue weighted by molar-refractivity contribution is 0.425. The number of unbranched alkanes of at least 4 members (excludes halogenated alkanes) is 3. The van der Waals surface area contributed by atoms with Crippen molar-refractivity contribution in [2.75, 3.05) is 13.1 Å². The summed E-state index contributed by atoms with van der Waals surface area (Å²) in [6, 6.07) is 0. The van der Waals surface area contributed by atoms with Crippen LogP contribution in [0.2, 0.25) is 0 Å². The molecule has 0 heterocycles. The summed E-state index contributed by atoms with van der Waals surface area (Å²) < 4.78 is 0. The Bertz CT molecular complexity index is 94.1. The van der Waals surface area contributed by atoms with Crippen molar-refractivity contribution in [1.29, 1.82) is 0 Å². The summed E-state index contributed by atoms with van der Waals surface area (Å²) in [5.41, 5.74) is 11.2. The summed E-state index contributed by atoms with van der Waals surface area (Å²) in [5, 5.41) is 0. The Hall–Kier alpha value is -0.0800. The van der Waals surface area contributed by atoms with Crippen molar-refractivity contribution in [3.63, 3.8) is 0 Å². The maximum absolute atomic E-state index is 5.69. The van der Waals surface area contributed by atoms with Gasteiger partial charge in [0.15, 0.2) is 0 Å². The van der Waals surface area contributed by atoms with Crippen molar-refractivity contribution in [2.45, 2.75) is 51.9 Å². The highest BCUT2D eigenvalue weighted by Gasteiger charge is 2.04. The molecule has 0 amide bonds. The van der Waals surface area contributed by atoms with E-state index in [0.29, 0.717) is 0 Å². The van der Waals surface area contributed by atoms with Crippen molar-refractivity contribution < 1.29 is 0 Å². The number of hydrogen-bond acceptors (Lipinski definition) is 2. The first-order chi connectivity index (χ1) is 6.35. The Labute approximate surface area is 83.1 Å².